The van der Waals surface area contributed by atoms with Gasteiger partial charge in [0.05, 0.1) is 0 Å². The number of hydrogen-bond acceptors (Lipinski definition) is 1. The van der Waals surface area contributed by atoms with Gasteiger partial charge in [-0.3, -0.25) is 0 Å². The molecule has 1 heterocycles. The predicted octanol–water partition coefficient (Wildman–Crippen LogP) is 3.26. The smallest absolute Gasteiger partial charge is 0.000975 e. The monoisotopic (exact) mass is 197 g/mol. The van der Waals surface area contributed by atoms with Crippen molar-refractivity contribution in [1.82, 2.24) is 4.90 Å². The van der Waals surface area contributed by atoms with E-state index in [0.717, 1.165) is 23.7 Å². The van der Waals surface area contributed by atoms with E-state index in [9.17, 15) is 0 Å². The van der Waals surface area contributed by atoms with Crippen molar-refractivity contribution in [1.29, 1.82) is 0 Å². The van der Waals surface area contributed by atoms with Crippen molar-refractivity contribution >= 4 is 0 Å². The third-order valence-corrected chi connectivity index (χ3v) is 3.98. The lowest BCUT2D eigenvalue weighted by molar-refractivity contribution is 0.182. The van der Waals surface area contributed by atoms with Gasteiger partial charge in [0, 0.05) is 6.54 Å². The Kier molecular flexibility index (Phi) is 4.43. The molecule has 3 unspecified atom stereocenters. The van der Waals surface area contributed by atoms with Gasteiger partial charge in [-0.25, -0.2) is 0 Å². The number of hydrogen-bond donors (Lipinski definition) is 0. The molecule has 1 heteroatoms. The molecule has 1 saturated heterocycles. The Labute approximate surface area is 89.9 Å². The van der Waals surface area contributed by atoms with Crippen molar-refractivity contribution in [2.24, 2.45) is 23.7 Å². The van der Waals surface area contributed by atoms with E-state index >= 15 is 0 Å². The molecule has 14 heavy (non-hydrogen) atoms. The maximum absolute atomic E-state index is 2.61. The van der Waals surface area contributed by atoms with Crippen LogP contribution in [0.5, 0.6) is 0 Å². The first kappa shape index (κ1) is 12.0. The molecule has 1 aliphatic heterocycles. The van der Waals surface area contributed by atoms with Crippen LogP contribution in [0, 0.1) is 23.7 Å². The minimum Gasteiger partial charge on any atom is -0.303 e. The molecular formula is C13H27N. The van der Waals surface area contributed by atoms with Gasteiger partial charge in [0.2, 0.25) is 0 Å². The average Bonchev–Trinajstić information content (AvgIpc) is 2.24. The summed E-state index contributed by atoms with van der Waals surface area (Å²) < 4.78 is 0. The maximum atomic E-state index is 2.61. The van der Waals surface area contributed by atoms with E-state index in [1.54, 1.807) is 0 Å². The Morgan fingerprint density at radius 2 is 1.86 bits per heavy atom. The molecule has 3 atom stereocenters. The number of nitrogens with zero attached hydrogens (tertiary/aromatic N) is 1. The molecule has 1 rings (SSSR count). The number of rotatable bonds is 2. The average molecular weight is 197 g/mol. The van der Waals surface area contributed by atoms with Crippen LogP contribution >= 0.6 is 0 Å². The van der Waals surface area contributed by atoms with Crippen LogP contribution in [0.3, 0.4) is 0 Å². The molecule has 1 fully saturated rings. The van der Waals surface area contributed by atoms with Crippen LogP contribution in [0.25, 0.3) is 0 Å². The minimum atomic E-state index is 0.844. The second-order valence-electron chi connectivity index (χ2n) is 5.46. The van der Waals surface area contributed by atoms with Crippen LogP contribution in [0.2, 0.25) is 0 Å². The topological polar surface area (TPSA) is 3.24 Å². The highest BCUT2D eigenvalue weighted by Crippen LogP contribution is 2.33. The fraction of sp³-hybridized carbons (Fsp3) is 1.00. The molecule has 0 spiro atoms. The zero-order valence-electron chi connectivity index (χ0n) is 10.6. The molecule has 84 valence electrons. The minimum absolute atomic E-state index is 0.844. The van der Waals surface area contributed by atoms with Gasteiger partial charge in [-0.2, -0.15) is 0 Å². The summed E-state index contributed by atoms with van der Waals surface area (Å²) in [5.74, 6) is 3.54. The first-order valence-corrected chi connectivity index (χ1v) is 6.28. The van der Waals surface area contributed by atoms with Crippen LogP contribution in [0.1, 0.15) is 41.0 Å². The van der Waals surface area contributed by atoms with E-state index in [4.69, 9.17) is 0 Å². The molecule has 0 aromatic heterocycles. The highest BCUT2D eigenvalue weighted by molar-refractivity contribution is 4.81. The quantitative estimate of drug-likeness (QED) is 0.657. The van der Waals surface area contributed by atoms with Crippen LogP contribution in [0.4, 0.5) is 0 Å². The van der Waals surface area contributed by atoms with Crippen LogP contribution < -0.4 is 0 Å². The Balaban J connectivity index is 2.66. The Bertz CT molecular complexity index is 165. The molecule has 0 aromatic rings. The van der Waals surface area contributed by atoms with Crippen molar-refractivity contribution in [3.8, 4) is 0 Å². The van der Waals surface area contributed by atoms with E-state index in [0.29, 0.717) is 0 Å². The fourth-order valence-corrected chi connectivity index (χ4v) is 3.36. The van der Waals surface area contributed by atoms with Gasteiger partial charge in [-0.1, -0.05) is 34.6 Å². The lowest BCUT2D eigenvalue weighted by atomic mass is 9.76. The largest absolute Gasteiger partial charge is 0.303 e. The van der Waals surface area contributed by atoms with Gasteiger partial charge in [0.25, 0.3) is 0 Å². The molecule has 0 aliphatic carbocycles. The third kappa shape index (κ3) is 2.73. The lowest BCUT2D eigenvalue weighted by Gasteiger charge is -2.31. The van der Waals surface area contributed by atoms with Crippen LogP contribution in [-0.2, 0) is 0 Å². The molecule has 0 bridgehead atoms. The van der Waals surface area contributed by atoms with Crippen molar-refractivity contribution in [2.75, 3.05) is 19.6 Å². The molecule has 1 aliphatic rings. The van der Waals surface area contributed by atoms with E-state index in [1.807, 2.05) is 0 Å². The zero-order chi connectivity index (χ0) is 10.7. The van der Waals surface area contributed by atoms with Crippen molar-refractivity contribution in [3.05, 3.63) is 0 Å². The second-order valence-corrected chi connectivity index (χ2v) is 5.46. The maximum Gasteiger partial charge on any atom is 0.000975 e. The first-order chi connectivity index (χ1) is 6.56. The van der Waals surface area contributed by atoms with Gasteiger partial charge in [0.1, 0.15) is 0 Å². The summed E-state index contributed by atoms with van der Waals surface area (Å²) in [4.78, 5) is 2.61. The zero-order valence-corrected chi connectivity index (χ0v) is 10.6. The summed E-state index contributed by atoms with van der Waals surface area (Å²) >= 11 is 0. The van der Waals surface area contributed by atoms with Crippen molar-refractivity contribution < 1.29 is 0 Å². The highest BCUT2D eigenvalue weighted by Gasteiger charge is 2.30. The molecule has 1 nitrogen and oxygen atoms in total. The summed E-state index contributed by atoms with van der Waals surface area (Å²) in [5, 5.41) is 0. The predicted molar refractivity (Wildman–Crippen MR) is 63.4 cm³/mol. The Morgan fingerprint density at radius 1 is 1.21 bits per heavy atom. The third-order valence-electron chi connectivity index (χ3n) is 3.98. The van der Waals surface area contributed by atoms with Gasteiger partial charge < -0.3 is 4.90 Å². The van der Waals surface area contributed by atoms with Gasteiger partial charge in [-0.15, -0.1) is 0 Å². The Hall–Kier alpha value is -0.0400. The molecule has 0 amide bonds. The van der Waals surface area contributed by atoms with E-state index in [1.165, 1.54) is 26.1 Å². The Morgan fingerprint density at radius 3 is 2.36 bits per heavy atom. The molecule has 0 saturated carbocycles. The van der Waals surface area contributed by atoms with Gasteiger partial charge in [0.15, 0.2) is 0 Å². The summed E-state index contributed by atoms with van der Waals surface area (Å²) in [6, 6.07) is 0. The molecule has 0 aromatic carbocycles. The standard InChI is InChI=1S/C13H27N/c1-6-14-8-7-11(4)13(10(2)3)12(5)9-14/h10-13H,6-9H2,1-5H3. The lowest BCUT2D eigenvalue weighted by Crippen LogP contribution is -2.30. The van der Waals surface area contributed by atoms with E-state index < -0.39 is 0 Å². The fourth-order valence-electron chi connectivity index (χ4n) is 3.36. The van der Waals surface area contributed by atoms with Gasteiger partial charge in [-0.05, 0) is 43.2 Å². The van der Waals surface area contributed by atoms with Crippen LogP contribution in [0.15, 0.2) is 0 Å². The summed E-state index contributed by atoms with van der Waals surface area (Å²) in [5.41, 5.74) is 0. The molecule has 0 N–H and O–H groups in total. The first-order valence-electron chi connectivity index (χ1n) is 6.28. The summed E-state index contributed by atoms with van der Waals surface area (Å²) in [6.45, 7) is 15.8. The second kappa shape index (κ2) is 5.16. The van der Waals surface area contributed by atoms with E-state index in [2.05, 4.69) is 39.5 Å². The molecule has 0 radical (unpaired) electrons. The summed E-state index contributed by atoms with van der Waals surface area (Å²) in [7, 11) is 0. The highest BCUT2D eigenvalue weighted by atomic mass is 15.1. The SMILES string of the molecule is CCN1CCC(C)C(C(C)C)C(C)C1. The van der Waals surface area contributed by atoms with Crippen molar-refractivity contribution in [3.63, 3.8) is 0 Å². The normalized spacial score (nSPS) is 36.0. The van der Waals surface area contributed by atoms with Crippen LogP contribution in [-0.4, -0.2) is 24.5 Å². The molecular weight excluding hydrogens is 170 g/mol. The van der Waals surface area contributed by atoms with E-state index in [-0.39, 0.29) is 0 Å². The summed E-state index contributed by atoms with van der Waals surface area (Å²) in [6.07, 6.45) is 1.39. The number of likely N-dealkylation sites (tertiary alicyclic amines) is 1. The van der Waals surface area contributed by atoms with Gasteiger partial charge >= 0.3 is 0 Å². The van der Waals surface area contributed by atoms with Crippen molar-refractivity contribution in [2.45, 2.75) is 41.0 Å².